The third kappa shape index (κ3) is 4.61. The standard InChI is InChI=1S/C33H42N4O2/c1-23-34-28-12-8-9-13-29(28)37(23)27-20-25-14-15-26(21-27)36(25)22-30(38)33(24-10-6-5-7-11-24)16-18-35(19-17-33)31(39)32(2,3)4/h5-13,25-27H,14-22H2,1-4H3. The van der Waals surface area contributed by atoms with Gasteiger partial charge in [-0.1, -0.05) is 63.2 Å². The maximum atomic E-state index is 14.4. The first-order chi connectivity index (χ1) is 18.7. The van der Waals surface area contributed by atoms with Gasteiger partial charge in [-0.25, -0.2) is 4.98 Å². The molecular formula is C33H42N4O2. The Morgan fingerprint density at radius 2 is 1.51 bits per heavy atom. The highest BCUT2D eigenvalue weighted by atomic mass is 16.2. The Morgan fingerprint density at radius 1 is 0.897 bits per heavy atom. The van der Waals surface area contributed by atoms with Crippen molar-refractivity contribution in [3.8, 4) is 0 Å². The fourth-order valence-electron chi connectivity index (χ4n) is 7.71. The highest BCUT2D eigenvalue weighted by Crippen LogP contribution is 2.44. The average Bonchev–Trinajstić information content (AvgIpc) is 3.38. The van der Waals surface area contributed by atoms with Crippen molar-refractivity contribution in [1.29, 1.82) is 0 Å². The number of imidazole rings is 1. The molecule has 6 nitrogen and oxygen atoms in total. The van der Waals surface area contributed by atoms with Crippen LogP contribution in [0.2, 0.25) is 0 Å². The number of benzene rings is 2. The second-order valence-electron chi connectivity index (χ2n) is 13.1. The molecule has 0 N–H and O–H groups in total. The van der Waals surface area contributed by atoms with E-state index in [0.717, 1.165) is 42.6 Å². The van der Waals surface area contributed by atoms with Crippen molar-refractivity contribution in [2.75, 3.05) is 19.6 Å². The zero-order chi connectivity index (χ0) is 27.4. The number of fused-ring (bicyclic) bond motifs is 3. The molecule has 0 radical (unpaired) electrons. The third-order valence-electron chi connectivity index (χ3n) is 9.73. The van der Waals surface area contributed by atoms with Crippen molar-refractivity contribution in [3.05, 3.63) is 66.0 Å². The van der Waals surface area contributed by atoms with Crippen LogP contribution >= 0.6 is 0 Å². The number of carbonyl (C=O) groups excluding carboxylic acids is 2. The summed E-state index contributed by atoms with van der Waals surface area (Å²) >= 11 is 0. The number of rotatable bonds is 5. The van der Waals surface area contributed by atoms with Crippen LogP contribution in [0.4, 0.5) is 0 Å². The zero-order valence-electron chi connectivity index (χ0n) is 23.9. The van der Waals surface area contributed by atoms with Gasteiger partial charge in [-0.2, -0.15) is 0 Å². The monoisotopic (exact) mass is 526 g/mol. The number of likely N-dealkylation sites (tertiary alicyclic amines) is 1. The van der Waals surface area contributed by atoms with Gasteiger partial charge in [0.2, 0.25) is 5.91 Å². The van der Waals surface area contributed by atoms with Gasteiger partial charge in [0.15, 0.2) is 5.78 Å². The van der Waals surface area contributed by atoms with Gasteiger partial charge >= 0.3 is 0 Å². The molecule has 4 heterocycles. The first-order valence-electron chi connectivity index (χ1n) is 14.7. The molecule has 39 heavy (non-hydrogen) atoms. The third-order valence-corrected chi connectivity index (χ3v) is 9.73. The molecule has 3 fully saturated rings. The summed E-state index contributed by atoms with van der Waals surface area (Å²) in [6, 6.07) is 20.1. The number of para-hydroxylation sites is 2. The molecule has 1 amide bonds. The molecule has 2 bridgehead atoms. The number of amides is 1. The van der Waals surface area contributed by atoms with Crippen molar-refractivity contribution in [1.82, 2.24) is 19.4 Å². The smallest absolute Gasteiger partial charge is 0.227 e. The zero-order valence-corrected chi connectivity index (χ0v) is 23.9. The van der Waals surface area contributed by atoms with E-state index >= 15 is 0 Å². The number of aryl methyl sites for hydroxylation is 1. The van der Waals surface area contributed by atoms with E-state index in [2.05, 4.69) is 52.8 Å². The van der Waals surface area contributed by atoms with Crippen LogP contribution in [0.5, 0.6) is 0 Å². The molecule has 2 unspecified atom stereocenters. The molecule has 6 heteroatoms. The average molecular weight is 527 g/mol. The van der Waals surface area contributed by atoms with E-state index in [1.807, 2.05) is 43.9 Å². The van der Waals surface area contributed by atoms with E-state index in [1.54, 1.807) is 0 Å². The Labute approximate surface area is 232 Å². The molecule has 3 aliphatic rings. The first kappa shape index (κ1) is 26.2. The summed E-state index contributed by atoms with van der Waals surface area (Å²) < 4.78 is 2.45. The van der Waals surface area contributed by atoms with E-state index in [-0.39, 0.29) is 5.91 Å². The van der Waals surface area contributed by atoms with E-state index in [0.29, 0.717) is 56.4 Å². The second-order valence-corrected chi connectivity index (χ2v) is 13.1. The number of ketones is 1. The summed E-state index contributed by atoms with van der Waals surface area (Å²) in [5.74, 6) is 1.60. The van der Waals surface area contributed by atoms with Crippen LogP contribution in [0.25, 0.3) is 11.0 Å². The van der Waals surface area contributed by atoms with Crippen LogP contribution in [0.15, 0.2) is 54.6 Å². The minimum absolute atomic E-state index is 0.180. The number of piperidine rings is 2. The molecule has 0 aliphatic carbocycles. The van der Waals surface area contributed by atoms with Crippen LogP contribution < -0.4 is 0 Å². The van der Waals surface area contributed by atoms with Gasteiger partial charge in [-0.3, -0.25) is 14.5 Å². The van der Waals surface area contributed by atoms with Crippen molar-refractivity contribution in [2.24, 2.45) is 5.41 Å². The van der Waals surface area contributed by atoms with Crippen LogP contribution in [0, 0.1) is 12.3 Å². The fourth-order valence-corrected chi connectivity index (χ4v) is 7.71. The molecule has 6 rings (SSSR count). The minimum atomic E-state index is -0.524. The van der Waals surface area contributed by atoms with Crippen molar-refractivity contribution >= 4 is 22.7 Å². The van der Waals surface area contributed by atoms with E-state index in [4.69, 9.17) is 4.98 Å². The van der Waals surface area contributed by atoms with Crippen LogP contribution in [0.3, 0.4) is 0 Å². The van der Waals surface area contributed by atoms with Gasteiger partial charge in [-0.05, 0) is 63.1 Å². The Kier molecular flexibility index (Phi) is 6.65. The number of Topliss-reactive ketones (excluding diaryl/α,β-unsaturated/α-hetero) is 1. The fraction of sp³-hybridized carbons (Fsp3) is 0.545. The Balaban J connectivity index is 1.21. The number of aromatic nitrogens is 2. The van der Waals surface area contributed by atoms with Crippen molar-refractivity contribution < 1.29 is 9.59 Å². The molecule has 2 aromatic carbocycles. The lowest BCUT2D eigenvalue weighted by Gasteiger charge is -2.45. The molecule has 1 aromatic heterocycles. The van der Waals surface area contributed by atoms with Gasteiger partial charge < -0.3 is 9.47 Å². The number of nitrogens with zero attached hydrogens (tertiary/aromatic N) is 4. The lowest BCUT2D eigenvalue weighted by atomic mass is 9.69. The maximum Gasteiger partial charge on any atom is 0.227 e. The normalized spacial score (nSPS) is 25.2. The van der Waals surface area contributed by atoms with Gasteiger partial charge in [0, 0.05) is 36.6 Å². The van der Waals surface area contributed by atoms with Crippen LogP contribution in [0.1, 0.15) is 76.7 Å². The van der Waals surface area contributed by atoms with Gasteiger partial charge in [0.25, 0.3) is 0 Å². The maximum absolute atomic E-state index is 14.4. The van der Waals surface area contributed by atoms with Crippen molar-refractivity contribution in [2.45, 2.75) is 89.8 Å². The summed E-state index contributed by atoms with van der Waals surface area (Å²) in [6.07, 6.45) is 5.85. The van der Waals surface area contributed by atoms with E-state index < -0.39 is 10.8 Å². The summed E-state index contributed by atoms with van der Waals surface area (Å²) in [5, 5.41) is 0. The SMILES string of the molecule is Cc1nc2ccccc2n1C1CC2CCC(C1)N2CC(=O)C1(c2ccccc2)CCN(C(=O)C(C)(C)C)CC1. The van der Waals surface area contributed by atoms with Crippen molar-refractivity contribution in [3.63, 3.8) is 0 Å². The number of hydrogen-bond acceptors (Lipinski definition) is 4. The molecule has 2 atom stereocenters. The predicted octanol–water partition coefficient (Wildman–Crippen LogP) is 5.69. The highest BCUT2D eigenvalue weighted by Gasteiger charge is 2.48. The van der Waals surface area contributed by atoms with Gasteiger partial charge in [0.1, 0.15) is 5.82 Å². The Bertz CT molecular complexity index is 1350. The quantitative estimate of drug-likeness (QED) is 0.429. The van der Waals surface area contributed by atoms with E-state index in [1.165, 1.54) is 5.52 Å². The lowest BCUT2D eigenvalue weighted by molar-refractivity contribution is -0.143. The van der Waals surface area contributed by atoms with Crippen LogP contribution in [-0.2, 0) is 15.0 Å². The molecule has 206 valence electrons. The molecule has 3 aliphatic heterocycles. The van der Waals surface area contributed by atoms with Gasteiger partial charge in [-0.15, -0.1) is 0 Å². The minimum Gasteiger partial charge on any atom is -0.342 e. The highest BCUT2D eigenvalue weighted by molar-refractivity contribution is 5.92. The largest absolute Gasteiger partial charge is 0.342 e. The Morgan fingerprint density at radius 3 is 2.15 bits per heavy atom. The number of hydrogen-bond donors (Lipinski definition) is 0. The molecular weight excluding hydrogens is 484 g/mol. The van der Waals surface area contributed by atoms with Crippen LogP contribution in [-0.4, -0.2) is 62.8 Å². The second kappa shape index (κ2) is 9.88. The molecule has 0 saturated carbocycles. The summed E-state index contributed by atoms with van der Waals surface area (Å²) in [5.41, 5.74) is 2.48. The molecule has 0 spiro atoms. The Hall–Kier alpha value is -2.99. The topological polar surface area (TPSA) is 58.4 Å². The first-order valence-corrected chi connectivity index (χ1v) is 14.7. The summed E-state index contributed by atoms with van der Waals surface area (Å²) in [7, 11) is 0. The molecule has 3 saturated heterocycles. The summed E-state index contributed by atoms with van der Waals surface area (Å²) in [6.45, 7) is 9.84. The summed E-state index contributed by atoms with van der Waals surface area (Å²) in [4.78, 5) is 36.7. The number of carbonyl (C=O) groups is 2. The van der Waals surface area contributed by atoms with Gasteiger partial charge in [0.05, 0.1) is 23.0 Å². The lowest BCUT2D eigenvalue weighted by Crippen LogP contribution is -2.55. The molecule has 3 aromatic rings. The van der Waals surface area contributed by atoms with E-state index in [9.17, 15) is 9.59 Å². The predicted molar refractivity (Wildman–Crippen MR) is 155 cm³/mol.